The van der Waals surface area contributed by atoms with Crippen molar-refractivity contribution in [2.45, 2.75) is 64.3 Å². The maximum atomic E-state index is 12.7. The molecule has 1 aromatic rings. The summed E-state index contributed by atoms with van der Waals surface area (Å²) < 4.78 is 0. The highest BCUT2D eigenvalue weighted by molar-refractivity contribution is 7.14. The molecular formula is C16H23NOS. The smallest absolute Gasteiger partial charge is 0.264 e. The Labute approximate surface area is 119 Å². The molecule has 1 saturated carbocycles. The SMILES string of the molecule is CCN(C(=O)c1cc2c(s1)CCCC2)C1CCCC1. The molecule has 0 spiro atoms. The molecule has 104 valence electrons. The van der Waals surface area contributed by atoms with Crippen molar-refractivity contribution in [1.29, 1.82) is 0 Å². The van der Waals surface area contributed by atoms with Crippen molar-refractivity contribution >= 4 is 17.2 Å². The Morgan fingerprint density at radius 2 is 2.00 bits per heavy atom. The molecular weight excluding hydrogens is 254 g/mol. The lowest BCUT2D eigenvalue weighted by Crippen LogP contribution is -2.38. The van der Waals surface area contributed by atoms with Crippen LogP contribution >= 0.6 is 11.3 Å². The standard InChI is InChI=1S/C16H23NOS/c1-2-17(13-8-4-5-9-13)16(18)15-11-12-7-3-6-10-14(12)19-15/h11,13H,2-10H2,1H3. The second-order valence-corrected chi connectivity index (χ2v) is 6.93. The first-order chi connectivity index (χ1) is 9.29. The highest BCUT2D eigenvalue weighted by atomic mass is 32.1. The number of hydrogen-bond donors (Lipinski definition) is 0. The number of thiophene rings is 1. The average Bonchev–Trinajstić information content (AvgIpc) is 3.08. The molecule has 0 radical (unpaired) electrons. The molecule has 0 aromatic carbocycles. The summed E-state index contributed by atoms with van der Waals surface area (Å²) in [6, 6.07) is 2.68. The maximum absolute atomic E-state index is 12.7. The molecule has 1 aromatic heterocycles. The maximum Gasteiger partial charge on any atom is 0.264 e. The van der Waals surface area contributed by atoms with Gasteiger partial charge in [-0.25, -0.2) is 0 Å². The van der Waals surface area contributed by atoms with Gasteiger partial charge in [-0.05, 0) is 57.1 Å². The lowest BCUT2D eigenvalue weighted by molar-refractivity contribution is 0.0698. The van der Waals surface area contributed by atoms with Crippen molar-refractivity contribution in [1.82, 2.24) is 4.90 Å². The third-order valence-corrected chi connectivity index (χ3v) is 5.80. The molecule has 19 heavy (non-hydrogen) atoms. The summed E-state index contributed by atoms with van der Waals surface area (Å²) in [6.07, 6.45) is 9.91. The number of rotatable bonds is 3. The van der Waals surface area contributed by atoms with Gasteiger partial charge in [-0.15, -0.1) is 11.3 Å². The summed E-state index contributed by atoms with van der Waals surface area (Å²) in [7, 11) is 0. The van der Waals surface area contributed by atoms with Crippen LogP contribution in [0.4, 0.5) is 0 Å². The van der Waals surface area contributed by atoms with Gasteiger partial charge in [0.15, 0.2) is 0 Å². The highest BCUT2D eigenvalue weighted by Crippen LogP contribution is 2.32. The summed E-state index contributed by atoms with van der Waals surface area (Å²) in [5.41, 5.74) is 1.45. The van der Waals surface area contributed by atoms with Crippen molar-refractivity contribution in [2.24, 2.45) is 0 Å². The van der Waals surface area contributed by atoms with Gasteiger partial charge in [0.1, 0.15) is 0 Å². The van der Waals surface area contributed by atoms with Crippen LogP contribution in [0.15, 0.2) is 6.07 Å². The number of carbonyl (C=O) groups is 1. The van der Waals surface area contributed by atoms with Crippen LogP contribution < -0.4 is 0 Å². The minimum absolute atomic E-state index is 0.286. The zero-order valence-corrected chi connectivity index (χ0v) is 12.6. The summed E-state index contributed by atoms with van der Waals surface area (Å²) in [5, 5.41) is 0. The fourth-order valence-electron chi connectivity index (χ4n) is 3.52. The predicted octanol–water partition coefficient (Wildman–Crippen LogP) is 4.03. The van der Waals surface area contributed by atoms with Gasteiger partial charge in [-0.3, -0.25) is 4.79 Å². The van der Waals surface area contributed by atoms with Gasteiger partial charge in [-0.2, -0.15) is 0 Å². The monoisotopic (exact) mass is 277 g/mol. The second-order valence-electron chi connectivity index (χ2n) is 5.80. The van der Waals surface area contributed by atoms with Gasteiger partial charge in [0.05, 0.1) is 4.88 Å². The third-order valence-electron chi connectivity index (χ3n) is 4.57. The fourth-order valence-corrected chi connectivity index (χ4v) is 4.73. The van der Waals surface area contributed by atoms with E-state index in [0.717, 1.165) is 11.4 Å². The van der Waals surface area contributed by atoms with Crippen LogP contribution in [0.1, 0.15) is 65.6 Å². The Morgan fingerprint density at radius 3 is 2.68 bits per heavy atom. The lowest BCUT2D eigenvalue weighted by atomic mass is 9.99. The highest BCUT2D eigenvalue weighted by Gasteiger charge is 2.28. The fraction of sp³-hybridized carbons (Fsp3) is 0.688. The second kappa shape index (κ2) is 5.66. The Balaban J connectivity index is 1.79. The number of fused-ring (bicyclic) bond motifs is 1. The molecule has 0 N–H and O–H groups in total. The van der Waals surface area contributed by atoms with Crippen LogP contribution in [-0.2, 0) is 12.8 Å². The average molecular weight is 277 g/mol. The topological polar surface area (TPSA) is 20.3 Å². The molecule has 0 saturated heterocycles. The number of nitrogens with zero attached hydrogens (tertiary/aromatic N) is 1. The minimum Gasteiger partial charge on any atom is -0.335 e. The van der Waals surface area contributed by atoms with Gasteiger partial charge < -0.3 is 4.90 Å². The van der Waals surface area contributed by atoms with E-state index in [1.54, 1.807) is 11.3 Å². The zero-order chi connectivity index (χ0) is 13.2. The summed E-state index contributed by atoms with van der Waals surface area (Å²) in [5.74, 6) is 0.286. The molecule has 1 fully saturated rings. The van der Waals surface area contributed by atoms with Crippen LogP contribution in [-0.4, -0.2) is 23.4 Å². The van der Waals surface area contributed by atoms with E-state index in [1.807, 2.05) is 0 Å². The first-order valence-corrected chi connectivity index (χ1v) is 8.53. The van der Waals surface area contributed by atoms with Crippen molar-refractivity contribution < 1.29 is 4.79 Å². The van der Waals surface area contributed by atoms with Crippen LogP contribution in [0.5, 0.6) is 0 Å². The first kappa shape index (κ1) is 13.2. The molecule has 2 nitrogen and oxygen atoms in total. The van der Waals surface area contributed by atoms with Crippen molar-refractivity contribution in [3.8, 4) is 0 Å². The number of carbonyl (C=O) groups excluding carboxylic acids is 1. The molecule has 3 rings (SSSR count). The summed E-state index contributed by atoms with van der Waals surface area (Å²) in [6.45, 7) is 2.97. The van der Waals surface area contributed by atoms with E-state index < -0.39 is 0 Å². The Hall–Kier alpha value is -0.830. The molecule has 0 unspecified atom stereocenters. The quantitative estimate of drug-likeness (QED) is 0.817. The van der Waals surface area contributed by atoms with Gasteiger partial charge >= 0.3 is 0 Å². The van der Waals surface area contributed by atoms with Crippen LogP contribution in [0.2, 0.25) is 0 Å². The van der Waals surface area contributed by atoms with Gasteiger partial charge in [0.2, 0.25) is 0 Å². The third kappa shape index (κ3) is 2.58. The van der Waals surface area contributed by atoms with Crippen molar-refractivity contribution in [3.05, 3.63) is 21.4 Å². The Bertz CT molecular complexity index is 436. The molecule has 1 heterocycles. The molecule has 0 aliphatic heterocycles. The van der Waals surface area contributed by atoms with Gasteiger partial charge in [-0.1, -0.05) is 12.8 Å². The lowest BCUT2D eigenvalue weighted by Gasteiger charge is -2.27. The Morgan fingerprint density at radius 1 is 1.26 bits per heavy atom. The summed E-state index contributed by atoms with van der Waals surface area (Å²) in [4.78, 5) is 17.3. The van der Waals surface area contributed by atoms with Crippen LogP contribution in [0.25, 0.3) is 0 Å². The van der Waals surface area contributed by atoms with E-state index in [1.165, 1.54) is 61.8 Å². The number of amides is 1. The predicted molar refractivity (Wildman–Crippen MR) is 79.9 cm³/mol. The van der Waals surface area contributed by atoms with Crippen LogP contribution in [0.3, 0.4) is 0 Å². The summed E-state index contributed by atoms with van der Waals surface area (Å²) >= 11 is 1.75. The normalized spacial score (nSPS) is 19.4. The molecule has 0 bridgehead atoms. The molecule has 2 aliphatic rings. The van der Waals surface area contributed by atoms with E-state index in [2.05, 4.69) is 17.9 Å². The molecule has 0 atom stereocenters. The number of hydrogen-bond acceptors (Lipinski definition) is 2. The van der Waals surface area contributed by atoms with Gasteiger partial charge in [0.25, 0.3) is 5.91 Å². The van der Waals surface area contributed by atoms with E-state index in [-0.39, 0.29) is 5.91 Å². The molecule has 1 amide bonds. The minimum atomic E-state index is 0.286. The molecule has 3 heteroatoms. The Kier molecular flexibility index (Phi) is 3.92. The first-order valence-electron chi connectivity index (χ1n) is 7.72. The van der Waals surface area contributed by atoms with E-state index in [4.69, 9.17) is 0 Å². The van der Waals surface area contributed by atoms with E-state index in [9.17, 15) is 4.79 Å². The van der Waals surface area contributed by atoms with E-state index in [0.29, 0.717) is 6.04 Å². The van der Waals surface area contributed by atoms with Crippen LogP contribution in [0, 0.1) is 0 Å². The van der Waals surface area contributed by atoms with Gasteiger partial charge in [0, 0.05) is 17.5 Å². The molecule has 2 aliphatic carbocycles. The van der Waals surface area contributed by atoms with E-state index >= 15 is 0 Å². The zero-order valence-electron chi connectivity index (χ0n) is 11.8. The largest absolute Gasteiger partial charge is 0.335 e. The van der Waals surface area contributed by atoms with Crippen molar-refractivity contribution in [3.63, 3.8) is 0 Å². The number of aryl methyl sites for hydroxylation is 2. The van der Waals surface area contributed by atoms with Crippen molar-refractivity contribution in [2.75, 3.05) is 6.54 Å².